The number of methoxy groups -OCH3 is 1. The fourth-order valence-corrected chi connectivity index (χ4v) is 0.411. The summed E-state index contributed by atoms with van der Waals surface area (Å²) in [5, 5.41) is 0. The van der Waals surface area contributed by atoms with Gasteiger partial charge in [0.05, 0.1) is 7.11 Å². The molecule has 2 N–H and O–H groups in total. The van der Waals surface area contributed by atoms with Gasteiger partial charge in [-0.2, -0.15) is 0 Å². The molecule has 0 aliphatic heterocycles. The van der Waals surface area contributed by atoms with Crippen LogP contribution >= 0.6 is 15.9 Å². The molecule has 0 aromatic heterocycles. The fourth-order valence-electron chi connectivity index (χ4n) is 0.224. The SMILES string of the molecule is COC(=O)C(Br)CN. The predicted octanol–water partition coefficient (Wildman–Crippen LogP) is -0.118. The van der Waals surface area contributed by atoms with Crippen LogP contribution in [-0.2, 0) is 9.53 Å². The molecule has 1 unspecified atom stereocenters. The third-order valence-corrected chi connectivity index (χ3v) is 1.41. The Bertz CT molecular complexity index is 86.1. The summed E-state index contributed by atoms with van der Waals surface area (Å²) >= 11 is 3.00. The average molecular weight is 182 g/mol. The molecule has 0 aromatic rings. The van der Waals surface area contributed by atoms with Gasteiger partial charge in [0, 0.05) is 6.54 Å². The largest absolute Gasteiger partial charge is 0.468 e. The van der Waals surface area contributed by atoms with E-state index in [4.69, 9.17) is 5.73 Å². The highest BCUT2D eigenvalue weighted by Crippen LogP contribution is 1.97. The Hall–Kier alpha value is -0.0900. The van der Waals surface area contributed by atoms with Crippen LogP contribution in [-0.4, -0.2) is 24.5 Å². The number of hydrogen-bond donors (Lipinski definition) is 1. The van der Waals surface area contributed by atoms with Crippen molar-refractivity contribution < 1.29 is 9.53 Å². The van der Waals surface area contributed by atoms with E-state index < -0.39 is 0 Å². The van der Waals surface area contributed by atoms with Crippen LogP contribution in [0.3, 0.4) is 0 Å². The van der Waals surface area contributed by atoms with Crippen molar-refractivity contribution in [2.24, 2.45) is 5.73 Å². The number of halogens is 1. The second-order valence-electron chi connectivity index (χ2n) is 1.23. The maximum Gasteiger partial charge on any atom is 0.320 e. The van der Waals surface area contributed by atoms with Gasteiger partial charge in [-0.1, -0.05) is 15.9 Å². The molecule has 0 aliphatic carbocycles. The highest BCUT2D eigenvalue weighted by molar-refractivity contribution is 9.10. The van der Waals surface area contributed by atoms with E-state index in [1.807, 2.05) is 0 Å². The summed E-state index contributed by atoms with van der Waals surface area (Å²) in [6, 6.07) is 0. The van der Waals surface area contributed by atoms with Gasteiger partial charge in [0.2, 0.25) is 0 Å². The van der Waals surface area contributed by atoms with Crippen LogP contribution in [0.4, 0.5) is 0 Å². The first-order chi connectivity index (χ1) is 3.72. The number of esters is 1. The first kappa shape index (κ1) is 7.91. The lowest BCUT2D eigenvalue weighted by Gasteiger charge is -2.01. The molecular weight excluding hydrogens is 174 g/mol. The number of alkyl halides is 1. The summed E-state index contributed by atoms with van der Waals surface area (Å²) in [4.78, 5) is 10.0. The Morgan fingerprint density at radius 2 is 2.50 bits per heavy atom. The number of carbonyl (C=O) groups excluding carboxylic acids is 1. The first-order valence-electron chi connectivity index (χ1n) is 2.14. The Morgan fingerprint density at radius 1 is 2.00 bits per heavy atom. The summed E-state index contributed by atoms with van der Waals surface area (Å²) in [5.41, 5.74) is 5.10. The lowest BCUT2D eigenvalue weighted by molar-refractivity contribution is -0.139. The molecule has 8 heavy (non-hydrogen) atoms. The third kappa shape index (κ3) is 2.28. The second kappa shape index (κ2) is 3.86. The number of rotatable bonds is 2. The quantitative estimate of drug-likeness (QED) is 0.478. The van der Waals surface area contributed by atoms with Crippen molar-refractivity contribution >= 4 is 21.9 Å². The van der Waals surface area contributed by atoms with Crippen molar-refractivity contribution in [3.8, 4) is 0 Å². The third-order valence-electron chi connectivity index (χ3n) is 0.664. The Kier molecular flexibility index (Phi) is 3.81. The molecule has 48 valence electrons. The number of hydrogen-bond acceptors (Lipinski definition) is 3. The maximum atomic E-state index is 10.4. The Labute approximate surface area is 56.3 Å². The molecule has 3 nitrogen and oxygen atoms in total. The molecule has 0 rings (SSSR count). The molecule has 0 aromatic carbocycles. The van der Waals surface area contributed by atoms with Crippen molar-refractivity contribution in [3.05, 3.63) is 0 Å². The minimum Gasteiger partial charge on any atom is -0.468 e. The molecule has 1 atom stereocenters. The van der Waals surface area contributed by atoms with Crippen molar-refractivity contribution in [2.45, 2.75) is 4.83 Å². The maximum absolute atomic E-state index is 10.4. The van der Waals surface area contributed by atoms with E-state index in [-0.39, 0.29) is 17.3 Å². The topological polar surface area (TPSA) is 52.3 Å². The van der Waals surface area contributed by atoms with Gasteiger partial charge in [0.25, 0.3) is 0 Å². The zero-order valence-corrected chi connectivity index (χ0v) is 6.14. The molecular formula is C4H8BrNO2. The van der Waals surface area contributed by atoms with Crippen LogP contribution < -0.4 is 5.73 Å². The van der Waals surface area contributed by atoms with Gasteiger partial charge < -0.3 is 10.5 Å². The zero-order valence-electron chi connectivity index (χ0n) is 4.56. The van der Waals surface area contributed by atoms with Gasteiger partial charge in [0.1, 0.15) is 4.83 Å². The van der Waals surface area contributed by atoms with Gasteiger partial charge in [-0.15, -0.1) is 0 Å². The predicted molar refractivity (Wildman–Crippen MR) is 33.8 cm³/mol. The summed E-state index contributed by atoms with van der Waals surface area (Å²) in [7, 11) is 1.33. The molecule has 0 fully saturated rings. The van der Waals surface area contributed by atoms with Gasteiger partial charge in [-0.3, -0.25) is 4.79 Å². The van der Waals surface area contributed by atoms with Crippen LogP contribution in [0.15, 0.2) is 0 Å². The van der Waals surface area contributed by atoms with Crippen LogP contribution in [0, 0.1) is 0 Å². The normalized spacial score (nSPS) is 12.9. The second-order valence-corrected chi connectivity index (χ2v) is 2.33. The van der Waals surface area contributed by atoms with Crippen molar-refractivity contribution in [2.75, 3.05) is 13.7 Å². The highest BCUT2D eigenvalue weighted by atomic mass is 79.9. The molecule has 0 heterocycles. The molecule has 0 saturated heterocycles. The van der Waals surface area contributed by atoms with E-state index in [1.165, 1.54) is 7.11 Å². The number of nitrogens with two attached hydrogens (primary N) is 1. The van der Waals surface area contributed by atoms with E-state index in [9.17, 15) is 4.79 Å². The van der Waals surface area contributed by atoms with Crippen molar-refractivity contribution in [1.82, 2.24) is 0 Å². The van der Waals surface area contributed by atoms with E-state index in [1.54, 1.807) is 0 Å². The molecule has 0 radical (unpaired) electrons. The van der Waals surface area contributed by atoms with Gasteiger partial charge in [-0.25, -0.2) is 0 Å². The molecule has 0 saturated carbocycles. The minimum absolute atomic E-state index is 0.271. The van der Waals surface area contributed by atoms with Crippen molar-refractivity contribution in [1.29, 1.82) is 0 Å². The molecule has 4 heteroatoms. The van der Waals surface area contributed by atoms with Crippen molar-refractivity contribution in [3.63, 3.8) is 0 Å². The van der Waals surface area contributed by atoms with Gasteiger partial charge >= 0.3 is 5.97 Å². The number of carbonyl (C=O) groups is 1. The van der Waals surface area contributed by atoms with Crippen LogP contribution in [0.25, 0.3) is 0 Å². The van der Waals surface area contributed by atoms with Crippen LogP contribution in [0.5, 0.6) is 0 Å². The summed E-state index contributed by atoms with van der Waals surface area (Å²) in [5.74, 6) is -0.326. The van der Waals surface area contributed by atoms with E-state index in [2.05, 4.69) is 20.7 Å². The lowest BCUT2D eigenvalue weighted by atomic mass is 10.4. The van der Waals surface area contributed by atoms with Crippen LogP contribution in [0.2, 0.25) is 0 Å². The standard InChI is InChI=1S/C4H8BrNO2/c1-8-4(7)3(5)2-6/h3H,2,6H2,1H3. The Morgan fingerprint density at radius 3 is 2.62 bits per heavy atom. The summed E-state index contributed by atoms with van der Waals surface area (Å²) in [6.07, 6.45) is 0. The zero-order chi connectivity index (χ0) is 6.57. The number of ether oxygens (including phenoxy) is 1. The van der Waals surface area contributed by atoms with Crippen LogP contribution in [0.1, 0.15) is 0 Å². The van der Waals surface area contributed by atoms with Gasteiger partial charge in [-0.05, 0) is 0 Å². The first-order valence-corrected chi connectivity index (χ1v) is 3.06. The summed E-state index contributed by atoms with van der Waals surface area (Å²) in [6.45, 7) is 0.271. The minimum atomic E-state index is -0.354. The summed E-state index contributed by atoms with van der Waals surface area (Å²) < 4.78 is 4.34. The fraction of sp³-hybridized carbons (Fsp3) is 0.750. The monoisotopic (exact) mass is 181 g/mol. The molecule has 0 aliphatic rings. The van der Waals surface area contributed by atoms with E-state index in [0.717, 1.165) is 0 Å². The van der Waals surface area contributed by atoms with Gasteiger partial charge in [0.15, 0.2) is 0 Å². The average Bonchev–Trinajstić information content (AvgIpc) is 1.84. The lowest BCUT2D eigenvalue weighted by Crippen LogP contribution is -2.24. The van der Waals surface area contributed by atoms with E-state index in [0.29, 0.717) is 0 Å². The molecule has 0 amide bonds. The smallest absolute Gasteiger partial charge is 0.320 e. The Balaban J connectivity index is 3.46. The molecule has 0 bridgehead atoms. The van der Waals surface area contributed by atoms with E-state index >= 15 is 0 Å². The molecule has 0 spiro atoms. The highest BCUT2D eigenvalue weighted by Gasteiger charge is 2.10.